The number of alkyl halides is 2. The molecule has 0 aliphatic carbocycles. The SMILES string of the molecule is C[C@@H]1O[C@H](C=C=CBr)/C=C/[C@H](Cl)CC2=CC[C@H](Br)[C@]1(C)O2. The third-order valence-electron chi connectivity index (χ3n) is 3.92. The lowest BCUT2D eigenvalue weighted by Crippen LogP contribution is -2.51. The van der Waals surface area contributed by atoms with Crippen LogP contribution in [-0.2, 0) is 9.47 Å². The van der Waals surface area contributed by atoms with Gasteiger partial charge in [0.15, 0.2) is 0 Å². The lowest BCUT2D eigenvalue weighted by atomic mass is 9.90. The molecule has 2 aliphatic heterocycles. The topological polar surface area (TPSA) is 18.5 Å². The minimum Gasteiger partial charge on any atom is -0.488 e. The Bertz CT molecular complexity index is 497. The van der Waals surface area contributed by atoms with Gasteiger partial charge in [-0.25, -0.2) is 0 Å². The second kappa shape index (κ2) is 7.52. The third kappa shape index (κ3) is 4.27. The van der Waals surface area contributed by atoms with E-state index in [0.29, 0.717) is 6.42 Å². The molecule has 2 aliphatic rings. The molecule has 0 unspecified atom stereocenters. The largest absolute Gasteiger partial charge is 0.488 e. The lowest BCUT2D eigenvalue weighted by Gasteiger charge is -2.44. The summed E-state index contributed by atoms with van der Waals surface area (Å²) in [6, 6.07) is 0. The Labute approximate surface area is 148 Å². The molecule has 2 rings (SSSR count). The van der Waals surface area contributed by atoms with Gasteiger partial charge in [0.25, 0.3) is 0 Å². The minimum absolute atomic E-state index is 0.0829. The normalized spacial score (nSPS) is 41.1. The maximum Gasteiger partial charge on any atom is 0.144 e. The molecule has 21 heavy (non-hydrogen) atoms. The Balaban J connectivity index is 2.33. The average Bonchev–Trinajstić information content (AvgIpc) is 2.45. The molecule has 2 nitrogen and oxygen atoms in total. The molecule has 0 aromatic heterocycles. The molecule has 0 amide bonds. The van der Waals surface area contributed by atoms with Gasteiger partial charge in [-0.05, 0) is 32.4 Å². The summed E-state index contributed by atoms with van der Waals surface area (Å²) in [6.07, 6.45) is 9.26. The number of halogens is 3. The quantitative estimate of drug-likeness (QED) is 0.318. The van der Waals surface area contributed by atoms with Crippen molar-refractivity contribution in [1.29, 1.82) is 0 Å². The maximum atomic E-state index is 6.36. The first-order chi connectivity index (χ1) is 9.95. The Hall–Kier alpha value is 0.01000. The molecular formula is C16H19Br2ClO2. The Morgan fingerprint density at radius 2 is 2.24 bits per heavy atom. The van der Waals surface area contributed by atoms with Crippen LogP contribution in [-0.4, -0.2) is 28.0 Å². The van der Waals surface area contributed by atoms with Crippen molar-refractivity contribution in [2.45, 2.75) is 54.7 Å². The molecule has 0 fully saturated rings. The molecule has 2 heterocycles. The molecule has 0 spiro atoms. The summed E-state index contributed by atoms with van der Waals surface area (Å²) in [5.41, 5.74) is 2.58. The minimum atomic E-state index is -0.421. The third-order valence-corrected chi connectivity index (χ3v) is 5.77. The zero-order valence-electron chi connectivity index (χ0n) is 12.1. The van der Waals surface area contributed by atoms with E-state index in [0.717, 1.165) is 12.2 Å². The Kier molecular flexibility index (Phi) is 6.22. The summed E-state index contributed by atoms with van der Waals surface area (Å²) >= 11 is 13.3. The number of allylic oxidation sites excluding steroid dienone is 3. The van der Waals surface area contributed by atoms with Gasteiger partial charge in [-0.1, -0.05) is 44.0 Å². The predicted octanol–water partition coefficient (Wildman–Crippen LogP) is 5.22. The van der Waals surface area contributed by atoms with E-state index >= 15 is 0 Å². The second-order valence-corrected chi connectivity index (χ2v) is 7.57. The number of fused-ring (bicyclic) bond motifs is 2. The van der Waals surface area contributed by atoms with E-state index in [1.54, 1.807) is 4.99 Å². The second-order valence-electron chi connectivity index (χ2n) is 5.45. The van der Waals surface area contributed by atoms with Gasteiger partial charge in [-0.15, -0.1) is 17.3 Å². The molecule has 0 radical (unpaired) electrons. The number of rotatable bonds is 1. The van der Waals surface area contributed by atoms with Crippen LogP contribution in [0.15, 0.2) is 40.8 Å². The standard InChI is InChI=1S/C16H19Br2ClO2/c1-11-16(2)15(18)8-7-14(21-16)10-12(19)5-6-13(20-11)4-3-9-17/h4-7,9,11-13,15H,8,10H2,1-2H3/b6-5+/t3?,11-,12-,13+,15-,16+/m0/s1. The van der Waals surface area contributed by atoms with Gasteiger partial charge in [0.1, 0.15) is 11.7 Å². The van der Waals surface area contributed by atoms with Crippen molar-refractivity contribution in [1.82, 2.24) is 0 Å². The first-order valence-electron chi connectivity index (χ1n) is 6.97. The van der Waals surface area contributed by atoms with Crippen LogP contribution >= 0.6 is 43.5 Å². The van der Waals surface area contributed by atoms with Gasteiger partial charge >= 0.3 is 0 Å². The number of hydrogen-bond donors (Lipinski definition) is 0. The van der Waals surface area contributed by atoms with Crippen LogP contribution in [0.25, 0.3) is 0 Å². The molecule has 116 valence electrons. The Morgan fingerprint density at radius 3 is 2.95 bits per heavy atom. The van der Waals surface area contributed by atoms with Gasteiger partial charge in [0.2, 0.25) is 0 Å². The van der Waals surface area contributed by atoms with Gasteiger partial charge in [-0.3, -0.25) is 0 Å². The highest BCUT2D eigenvalue weighted by Gasteiger charge is 2.44. The lowest BCUT2D eigenvalue weighted by molar-refractivity contribution is -0.118. The van der Waals surface area contributed by atoms with Gasteiger partial charge in [0, 0.05) is 11.4 Å². The van der Waals surface area contributed by atoms with Crippen LogP contribution in [0, 0.1) is 0 Å². The Morgan fingerprint density at radius 1 is 1.48 bits per heavy atom. The van der Waals surface area contributed by atoms with Crippen molar-refractivity contribution < 1.29 is 9.47 Å². The van der Waals surface area contributed by atoms with Crippen molar-refractivity contribution in [3.05, 3.63) is 40.8 Å². The van der Waals surface area contributed by atoms with E-state index in [2.05, 4.69) is 50.6 Å². The average molecular weight is 439 g/mol. The van der Waals surface area contributed by atoms with Gasteiger partial charge in [0.05, 0.1) is 22.1 Å². The summed E-state index contributed by atoms with van der Waals surface area (Å²) in [4.78, 5) is 1.89. The van der Waals surface area contributed by atoms with Crippen LogP contribution < -0.4 is 0 Å². The molecule has 5 atom stereocenters. The number of hydrogen-bond acceptors (Lipinski definition) is 2. The van der Waals surface area contributed by atoms with Gasteiger partial charge < -0.3 is 9.47 Å². The first-order valence-corrected chi connectivity index (χ1v) is 9.23. The van der Waals surface area contributed by atoms with Crippen LogP contribution in [0.1, 0.15) is 26.7 Å². The fraction of sp³-hybridized carbons (Fsp3) is 0.562. The van der Waals surface area contributed by atoms with Crippen LogP contribution in [0.4, 0.5) is 0 Å². The van der Waals surface area contributed by atoms with E-state index in [1.807, 2.05) is 25.2 Å². The maximum absolute atomic E-state index is 6.36. The fourth-order valence-corrected chi connectivity index (χ4v) is 3.49. The van der Waals surface area contributed by atoms with E-state index in [4.69, 9.17) is 21.1 Å². The van der Waals surface area contributed by atoms with Gasteiger partial charge in [-0.2, -0.15) is 0 Å². The highest BCUT2D eigenvalue weighted by Crippen LogP contribution is 2.39. The molecule has 0 saturated carbocycles. The van der Waals surface area contributed by atoms with Crippen molar-refractivity contribution >= 4 is 43.5 Å². The van der Waals surface area contributed by atoms with Crippen molar-refractivity contribution in [2.75, 3.05) is 0 Å². The summed E-state index contributed by atoms with van der Waals surface area (Å²) in [7, 11) is 0. The summed E-state index contributed by atoms with van der Waals surface area (Å²) < 4.78 is 12.4. The molecule has 5 heteroatoms. The summed E-state index contributed by atoms with van der Waals surface area (Å²) in [5, 5.41) is -0.103. The first kappa shape index (κ1) is 17.4. The summed E-state index contributed by atoms with van der Waals surface area (Å²) in [6.45, 7) is 4.13. The van der Waals surface area contributed by atoms with Crippen LogP contribution in [0.3, 0.4) is 0 Å². The van der Waals surface area contributed by atoms with E-state index in [9.17, 15) is 0 Å². The van der Waals surface area contributed by atoms with E-state index in [-0.39, 0.29) is 22.4 Å². The fourth-order valence-electron chi connectivity index (χ4n) is 2.45. The predicted molar refractivity (Wildman–Crippen MR) is 94.2 cm³/mol. The number of ether oxygens (including phenoxy) is 2. The smallest absolute Gasteiger partial charge is 0.144 e. The monoisotopic (exact) mass is 436 g/mol. The molecule has 0 aromatic carbocycles. The van der Waals surface area contributed by atoms with Crippen LogP contribution in [0.2, 0.25) is 0 Å². The summed E-state index contributed by atoms with van der Waals surface area (Å²) in [5.74, 6) is 0.947. The zero-order chi connectivity index (χ0) is 15.5. The molecular weight excluding hydrogens is 419 g/mol. The van der Waals surface area contributed by atoms with Crippen molar-refractivity contribution in [3.8, 4) is 0 Å². The van der Waals surface area contributed by atoms with Crippen molar-refractivity contribution in [3.63, 3.8) is 0 Å². The van der Waals surface area contributed by atoms with Crippen LogP contribution in [0.5, 0.6) is 0 Å². The molecule has 0 N–H and O–H groups in total. The van der Waals surface area contributed by atoms with Crippen molar-refractivity contribution in [2.24, 2.45) is 0 Å². The zero-order valence-corrected chi connectivity index (χ0v) is 16.0. The van der Waals surface area contributed by atoms with E-state index < -0.39 is 5.60 Å². The highest BCUT2D eigenvalue weighted by molar-refractivity contribution is 9.11. The molecule has 0 aromatic rings. The highest BCUT2D eigenvalue weighted by atomic mass is 79.9. The molecule has 0 saturated heterocycles. The van der Waals surface area contributed by atoms with E-state index in [1.165, 1.54) is 0 Å². The molecule has 2 bridgehead atoms.